The summed E-state index contributed by atoms with van der Waals surface area (Å²) in [5.41, 5.74) is 6.04. The first-order valence-corrected chi connectivity index (χ1v) is 7.61. The van der Waals surface area contributed by atoms with E-state index in [1.165, 1.54) is 0 Å². The molecule has 4 heteroatoms. The number of hydrogen-bond acceptors (Lipinski definition) is 3. The third-order valence-electron chi connectivity index (χ3n) is 3.72. The second-order valence-electron chi connectivity index (χ2n) is 6.30. The van der Waals surface area contributed by atoms with Crippen LogP contribution in [0.4, 0.5) is 0 Å². The van der Waals surface area contributed by atoms with Gasteiger partial charge in [-0.15, -0.1) is 0 Å². The van der Waals surface area contributed by atoms with Gasteiger partial charge in [0.1, 0.15) is 0 Å². The molecule has 0 saturated heterocycles. The molecule has 1 rings (SSSR count). The summed E-state index contributed by atoms with van der Waals surface area (Å²) in [5, 5.41) is 2.99. The normalized spacial score (nSPS) is 27.5. The maximum absolute atomic E-state index is 12.1. The lowest BCUT2D eigenvalue weighted by Gasteiger charge is -2.31. The van der Waals surface area contributed by atoms with Gasteiger partial charge < -0.3 is 15.8 Å². The second-order valence-corrected chi connectivity index (χ2v) is 6.30. The lowest BCUT2D eigenvalue weighted by atomic mass is 9.79. The van der Waals surface area contributed by atoms with Crippen molar-refractivity contribution in [1.82, 2.24) is 5.32 Å². The number of carbonyl (C=O) groups is 1. The Hall–Kier alpha value is -0.610. The molecule has 1 saturated carbocycles. The highest BCUT2D eigenvalue weighted by Gasteiger charge is 2.31. The van der Waals surface area contributed by atoms with Crippen molar-refractivity contribution in [2.75, 3.05) is 19.8 Å². The summed E-state index contributed by atoms with van der Waals surface area (Å²) in [4.78, 5) is 12.1. The van der Waals surface area contributed by atoms with Gasteiger partial charge in [0.25, 0.3) is 0 Å². The molecule has 0 aromatic heterocycles. The molecule has 3 unspecified atom stereocenters. The van der Waals surface area contributed by atoms with Crippen molar-refractivity contribution < 1.29 is 9.53 Å². The molecule has 19 heavy (non-hydrogen) atoms. The number of nitrogens with two attached hydrogens (primary N) is 1. The molecule has 0 aliphatic heterocycles. The number of carbonyl (C=O) groups excluding carboxylic acids is 1. The largest absolute Gasteiger partial charge is 0.381 e. The minimum atomic E-state index is 0.000308. The second kappa shape index (κ2) is 8.54. The molecule has 0 spiro atoms. The Balaban J connectivity index is 2.13. The molecule has 1 aliphatic rings. The van der Waals surface area contributed by atoms with Crippen LogP contribution in [0.15, 0.2) is 0 Å². The fourth-order valence-electron chi connectivity index (χ4n) is 2.54. The third-order valence-corrected chi connectivity index (χ3v) is 3.72. The van der Waals surface area contributed by atoms with Gasteiger partial charge >= 0.3 is 0 Å². The first-order chi connectivity index (χ1) is 9.00. The van der Waals surface area contributed by atoms with Crippen molar-refractivity contribution >= 4 is 5.91 Å². The zero-order chi connectivity index (χ0) is 14.3. The van der Waals surface area contributed by atoms with E-state index in [2.05, 4.69) is 26.1 Å². The highest BCUT2D eigenvalue weighted by Crippen LogP contribution is 2.27. The zero-order valence-electron chi connectivity index (χ0n) is 12.7. The maximum Gasteiger partial charge on any atom is 0.224 e. The summed E-state index contributed by atoms with van der Waals surface area (Å²) in [7, 11) is 0. The molecular formula is C15H30N2O2. The molecule has 0 radical (unpaired) electrons. The van der Waals surface area contributed by atoms with Crippen LogP contribution in [-0.4, -0.2) is 31.7 Å². The molecule has 0 heterocycles. The topological polar surface area (TPSA) is 64.3 Å². The first-order valence-electron chi connectivity index (χ1n) is 7.61. The van der Waals surface area contributed by atoms with Gasteiger partial charge in [0.15, 0.2) is 0 Å². The number of nitrogens with one attached hydrogen (secondary N) is 1. The standard InChI is InChI=1S/C15H30N2O2/c1-11(2)10-19-8-4-7-17-15(18)13-9-12(3)5-6-14(13)16/h11-14H,4-10,16H2,1-3H3,(H,17,18). The van der Waals surface area contributed by atoms with E-state index >= 15 is 0 Å². The Labute approximate surface area is 117 Å². The van der Waals surface area contributed by atoms with Crippen molar-refractivity contribution in [2.24, 2.45) is 23.5 Å². The van der Waals surface area contributed by atoms with E-state index in [-0.39, 0.29) is 17.9 Å². The fourth-order valence-corrected chi connectivity index (χ4v) is 2.54. The molecule has 0 aromatic rings. The Morgan fingerprint density at radius 2 is 2.16 bits per heavy atom. The number of hydrogen-bond donors (Lipinski definition) is 2. The molecule has 1 fully saturated rings. The predicted octanol–water partition coefficient (Wildman–Crippen LogP) is 1.93. The number of rotatable bonds is 7. The lowest BCUT2D eigenvalue weighted by Crippen LogP contribution is -2.45. The van der Waals surface area contributed by atoms with Crippen LogP contribution in [-0.2, 0) is 9.53 Å². The van der Waals surface area contributed by atoms with E-state index in [1.54, 1.807) is 0 Å². The molecule has 4 nitrogen and oxygen atoms in total. The highest BCUT2D eigenvalue weighted by atomic mass is 16.5. The highest BCUT2D eigenvalue weighted by molar-refractivity contribution is 5.79. The Bertz CT molecular complexity index is 269. The number of amides is 1. The van der Waals surface area contributed by atoms with Gasteiger partial charge in [-0.25, -0.2) is 0 Å². The van der Waals surface area contributed by atoms with E-state index in [0.717, 1.165) is 32.3 Å². The van der Waals surface area contributed by atoms with E-state index < -0.39 is 0 Å². The minimum Gasteiger partial charge on any atom is -0.381 e. The Morgan fingerprint density at radius 3 is 2.84 bits per heavy atom. The van der Waals surface area contributed by atoms with Crippen LogP contribution in [0.1, 0.15) is 46.5 Å². The van der Waals surface area contributed by atoms with Crippen LogP contribution < -0.4 is 11.1 Å². The molecule has 3 atom stereocenters. The summed E-state index contributed by atoms with van der Waals surface area (Å²) in [6.45, 7) is 8.66. The molecule has 3 N–H and O–H groups in total. The van der Waals surface area contributed by atoms with Gasteiger partial charge in [-0.1, -0.05) is 20.8 Å². The van der Waals surface area contributed by atoms with Gasteiger partial charge in [-0.05, 0) is 37.5 Å². The van der Waals surface area contributed by atoms with E-state index in [4.69, 9.17) is 10.5 Å². The van der Waals surface area contributed by atoms with Gasteiger partial charge in [-0.3, -0.25) is 4.79 Å². The Kier molecular flexibility index (Phi) is 7.39. The van der Waals surface area contributed by atoms with E-state index in [9.17, 15) is 4.79 Å². The van der Waals surface area contributed by atoms with Crippen molar-refractivity contribution in [3.8, 4) is 0 Å². The maximum atomic E-state index is 12.1. The lowest BCUT2D eigenvalue weighted by molar-refractivity contribution is -0.127. The van der Waals surface area contributed by atoms with Crippen LogP contribution >= 0.6 is 0 Å². The summed E-state index contributed by atoms with van der Waals surface area (Å²) in [5.74, 6) is 1.31. The monoisotopic (exact) mass is 270 g/mol. The van der Waals surface area contributed by atoms with Crippen molar-refractivity contribution in [2.45, 2.75) is 52.5 Å². The van der Waals surface area contributed by atoms with Crippen LogP contribution in [0.25, 0.3) is 0 Å². The van der Waals surface area contributed by atoms with Gasteiger partial charge in [-0.2, -0.15) is 0 Å². The third kappa shape index (κ3) is 6.39. The summed E-state index contributed by atoms with van der Waals surface area (Å²) >= 11 is 0. The zero-order valence-corrected chi connectivity index (χ0v) is 12.7. The molecular weight excluding hydrogens is 240 g/mol. The molecule has 0 aromatic carbocycles. The average Bonchev–Trinajstić information content (AvgIpc) is 2.36. The van der Waals surface area contributed by atoms with Crippen molar-refractivity contribution in [3.63, 3.8) is 0 Å². The smallest absolute Gasteiger partial charge is 0.224 e. The van der Waals surface area contributed by atoms with E-state index in [1.807, 2.05) is 0 Å². The molecule has 1 amide bonds. The predicted molar refractivity (Wildman–Crippen MR) is 77.8 cm³/mol. The average molecular weight is 270 g/mol. The van der Waals surface area contributed by atoms with Crippen LogP contribution in [0, 0.1) is 17.8 Å². The van der Waals surface area contributed by atoms with Crippen LogP contribution in [0.3, 0.4) is 0 Å². The summed E-state index contributed by atoms with van der Waals surface area (Å²) in [6.07, 6.45) is 3.91. The molecule has 112 valence electrons. The summed E-state index contributed by atoms with van der Waals surface area (Å²) in [6, 6.07) is 0.0355. The van der Waals surface area contributed by atoms with Gasteiger partial charge in [0.2, 0.25) is 5.91 Å². The SMILES string of the molecule is CC(C)COCCCNC(=O)C1CC(C)CCC1N. The Morgan fingerprint density at radius 1 is 1.42 bits per heavy atom. The van der Waals surface area contributed by atoms with E-state index in [0.29, 0.717) is 25.0 Å². The summed E-state index contributed by atoms with van der Waals surface area (Å²) < 4.78 is 5.48. The first kappa shape index (κ1) is 16.4. The fraction of sp³-hybridized carbons (Fsp3) is 0.933. The number of ether oxygens (including phenoxy) is 1. The molecule has 0 bridgehead atoms. The quantitative estimate of drug-likeness (QED) is 0.695. The van der Waals surface area contributed by atoms with Gasteiger partial charge in [0.05, 0.1) is 5.92 Å². The van der Waals surface area contributed by atoms with Gasteiger partial charge in [0, 0.05) is 25.8 Å². The molecule has 1 aliphatic carbocycles. The minimum absolute atomic E-state index is 0.000308. The van der Waals surface area contributed by atoms with Crippen molar-refractivity contribution in [1.29, 1.82) is 0 Å². The van der Waals surface area contributed by atoms with Crippen molar-refractivity contribution in [3.05, 3.63) is 0 Å². The van der Waals surface area contributed by atoms with Crippen LogP contribution in [0.2, 0.25) is 0 Å². The van der Waals surface area contributed by atoms with Crippen LogP contribution in [0.5, 0.6) is 0 Å².